The number of sulfonamides is 1. The van der Waals surface area contributed by atoms with Crippen LogP contribution in [0.2, 0.25) is 0 Å². The summed E-state index contributed by atoms with van der Waals surface area (Å²) in [5.74, 6) is 0.0183. The van der Waals surface area contributed by atoms with Crippen molar-refractivity contribution >= 4 is 38.1 Å². The Morgan fingerprint density at radius 2 is 2.10 bits per heavy atom. The van der Waals surface area contributed by atoms with Crippen molar-refractivity contribution in [3.05, 3.63) is 40.4 Å². The van der Waals surface area contributed by atoms with Crippen LogP contribution in [0, 0.1) is 12.8 Å². The van der Waals surface area contributed by atoms with Gasteiger partial charge in [0.05, 0.1) is 22.0 Å². The number of ketones is 2. The number of aryl methyl sites for hydroxylation is 1. The molecule has 7 nitrogen and oxygen atoms in total. The van der Waals surface area contributed by atoms with Crippen molar-refractivity contribution in [1.29, 1.82) is 0 Å². The van der Waals surface area contributed by atoms with Gasteiger partial charge in [-0.25, -0.2) is 13.4 Å². The van der Waals surface area contributed by atoms with Crippen LogP contribution in [-0.4, -0.2) is 48.9 Å². The minimum Gasteiger partial charge on any atom is -0.354 e. The number of aromatic nitrogens is 1. The first-order chi connectivity index (χ1) is 13.7. The highest BCUT2D eigenvalue weighted by Gasteiger charge is 2.29. The van der Waals surface area contributed by atoms with Crippen LogP contribution >= 0.6 is 11.3 Å². The smallest absolute Gasteiger partial charge is 0.243 e. The first-order valence-electron chi connectivity index (χ1n) is 9.54. The molecule has 1 aliphatic rings. The van der Waals surface area contributed by atoms with Crippen molar-refractivity contribution in [3.63, 3.8) is 0 Å². The van der Waals surface area contributed by atoms with E-state index in [-0.39, 0.29) is 23.0 Å². The van der Waals surface area contributed by atoms with Crippen LogP contribution in [0.25, 0.3) is 0 Å². The minimum atomic E-state index is -3.62. The fraction of sp³-hybridized carbons (Fsp3) is 0.450. The summed E-state index contributed by atoms with van der Waals surface area (Å²) in [6, 6.07) is 6.17. The van der Waals surface area contributed by atoms with Gasteiger partial charge in [-0.05, 0) is 37.8 Å². The Hall–Kier alpha value is -2.10. The summed E-state index contributed by atoms with van der Waals surface area (Å²) in [6.45, 7) is 6.25. The zero-order chi connectivity index (χ0) is 21.2. The number of piperidine rings is 1. The molecule has 1 aliphatic heterocycles. The summed E-state index contributed by atoms with van der Waals surface area (Å²) in [5.41, 5.74) is 0.949. The van der Waals surface area contributed by atoms with Crippen LogP contribution in [0.1, 0.15) is 52.4 Å². The Kier molecular flexibility index (Phi) is 6.50. The summed E-state index contributed by atoms with van der Waals surface area (Å²) >= 11 is 1.20. The summed E-state index contributed by atoms with van der Waals surface area (Å²) in [7, 11) is -3.62. The molecule has 2 aromatic rings. The predicted molar refractivity (Wildman–Crippen MR) is 113 cm³/mol. The van der Waals surface area contributed by atoms with Gasteiger partial charge >= 0.3 is 0 Å². The number of thiazole rings is 1. The standard InChI is InChI=1S/C20H25N3O4S2/c1-13-6-5-9-23(12-13)29(26,27)17-8-4-7-16(10-17)18(25)11-21-20-22-14(2)19(28-20)15(3)24/h4,7-8,10,13H,5-6,9,11-12H2,1-3H3,(H,21,22). The summed E-state index contributed by atoms with van der Waals surface area (Å²) in [6.07, 6.45) is 1.87. The van der Waals surface area contributed by atoms with Gasteiger partial charge in [-0.1, -0.05) is 30.4 Å². The molecule has 3 rings (SSSR count). The molecule has 2 heterocycles. The third-order valence-electron chi connectivity index (χ3n) is 4.93. The van der Waals surface area contributed by atoms with E-state index >= 15 is 0 Å². The van der Waals surface area contributed by atoms with Crippen molar-refractivity contribution in [3.8, 4) is 0 Å². The maximum Gasteiger partial charge on any atom is 0.243 e. The monoisotopic (exact) mass is 435 g/mol. The average Bonchev–Trinajstić information content (AvgIpc) is 3.07. The topological polar surface area (TPSA) is 96.4 Å². The van der Waals surface area contributed by atoms with Crippen LogP contribution in [0.3, 0.4) is 0 Å². The SMILES string of the molecule is CC(=O)c1sc(NCC(=O)c2cccc(S(=O)(=O)N3CCCC(C)C3)c2)nc1C. The molecule has 0 radical (unpaired) electrons. The highest BCUT2D eigenvalue weighted by Crippen LogP contribution is 2.25. The zero-order valence-electron chi connectivity index (χ0n) is 16.8. The van der Waals surface area contributed by atoms with E-state index in [1.165, 1.54) is 34.7 Å². The second-order valence-corrected chi connectivity index (χ2v) is 10.3. The predicted octanol–water partition coefficient (Wildman–Crippen LogP) is 3.37. The quantitative estimate of drug-likeness (QED) is 0.670. The number of Topliss-reactive ketones (excluding diaryl/α,β-unsaturated/α-hetero) is 2. The lowest BCUT2D eigenvalue weighted by Gasteiger charge is -2.30. The summed E-state index contributed by atoms with van der Waals surface area (Å²) in [4.78, 5) is 29.1. The first-order valence-corrected chi connectivity index (χ1v) is 11.8. The highest BCUT2D eigenvalue weighted by molar-refractivity contribution is 7.89. The van der Waals surface area contributed by atoms with Gasteiger partial charge in [0, 0.05) is 25.6 Å². The molecular weight excluding hydrogens is 410 g/mol. The van der Waals surface area contributed by atoms with E-state index in [4.69, 9.17) is 0 Å². The Balaban J connectivity index is 1.72. The fourth-order valence-corrected chi connectivity index (χ4v) is 5.90. The van der Waals surface area contributed by atoms with E-state index in [1.807, 2.05) is 6.92 Å². The van der Waals surface area contributed by atoms with Crippen molar-refractivity contribution in [2.45, 2.75) is 38.5 Å². The van der Waals surface area contributed by atoms with E-state index in [2.05, 4.69) is 10.3 Å². The van der Waals surface area contributed by atoms with Crippen LogP contribution in [0.5, 0.6) is 0 Å². The number of nitrogens with one attached hydrogen (secondary N) is 1. The van der Waals surface area contributed by atoms with Crippen LogP contribution in [-0.2, 0) is 10.0 Å². The van der Waals surface area contributed by atoms with Crippen molar-refractivity contribution in [1.82, 2.24) is 9.29 Å². The van der Waals surface area contributed by atoms with E-state index in [9.17, 15) is 18.0 Å². The van der Waals surface area contributed by atoms with Gasteiger partial charge in [0.15, 0.2) is 16.7 Å². The average molecular weight is 436 g/mol. The second kappa shape index (κ2) is 8.73. The molecule has 0 spiro atoms. The van der Waals surface area contributed by atoms with Crippen molar-refractivity contribution in [2.24, 2.45) is 5.92 Å². The summed E-state index contributed by atoms with van der Waals surface area (Å²) < 4.78 is 27.4. The molecule has 0 bridgehead atoms. The number of carbonyl (C=O) groups is 2. The molecule has 1 saturated heterocycles. The number of rotatable bonds is 7. The van der Waals surface area contributed by atoms with Gasteiger partial charge in [0.25, 0.3) is 0 Å². The van der Waals surface area contributed by atoms with Crippen LogP contribution in [0.15, 0.2) is 29.2 Å². The van der Waals surface area contributed by atoms with Gasteiger partial charge in [-0.15, -0.1) is 0 Å². The van der Waals surface area contributed by atoms with Crippen LogP contribution in [0.4, 0.5) is 5.13 Å². The number of benzene rings is 1. The number of nitrogens with zero attached hydrogens (tertiary/aromatic N) is 2. The molecule has 1 aromatic carbocycles. The van der Waals surface area contributed by atoms with E-state index in [0.29, 0.717) is 40.3 Å². The molecule has 1 unspecified atom stereocenters. The van der Waals surface area contributed by atoms with E-state index in [0.717, 1.165) is 12.8 Å². The fourth-order valence-electron chi connectivity index (χ4n) is 3.40. The molecule has 1 fully saturated rings. The third kappa shape index (κ3) is 4.91. The largest absolute Gasteiger partial charge is 0.354 e. The Morgan fingerprint density at radius 1 is 1.34 bits per heavy atom. The molecule has 29 heavy (non-hydrogen) atoms. The van der Waals surface area contributed by atoms with E-state index in [1.54, 1.807) is 19.1 Å². The molecule has 1 aromatic heterocycles. The van der Waals surface area contributed by atoms with Gasteiger partial charge in [-0.2, -0.15) is 4.31 Å². The van der Waals surface area contributed by atoms with Crippen LogP contribution < -0.4 is 5.32 Å². The highest BCUT2D eigenvalue weighted by atomic mass is 32.2. The second-order valence-electron chi connectivity index (χ2n) is 7.40. The third-order valence-corrected chi connectivity index (χ3v) is 8.01. The lowest BCUT2D eigenvalue weighted by atomic mass is 10.0. The lowest BCUT2D eigenvalue weighted by molar-refractivity contribution is 0.100. The Bertz CT molecular complexity index is 1030. The summed E-state index contributed by atoms with van der Waals surface area (Å²) in [5, 5.41) is 3.42. The molecule has 0 saturated carbocycles. The molecular formula is C20H25N3O4S2. The zero-order valence-corrected chi connectivity index (χ0v) is 18.4. The maximum absolute atomic E-state index is 12.9. The molecule has 1 N–H and O–H groups in total. The molecule has 9 heteroatoms. The number of hydrogen-bond donors (Lipinski definition) is 1. The van der Waals surface area contributed by atoms with E-state index < -0.39 is 10.0 Å². The number of carbonyl (C=O) groups excluding carboxylic acids is 2. The molecule has 0 aliphatic carbocycles. The van der Waals surface area contributed by atoms with Crippen molar-refractivity contribution in [2.75, 3.05) is 25.0 Å². The van der Waals surface area contributed by atoms with Gasteiger partial charge < -0.3 is 5.32 Å². The maximum atomic E-state index is 12.9. The lowest BCUT2D eigenvalue weighted by Crippen LogP contribution is -2.39. The minimum absolute atomic E-state index is 0.0332. The first kappa shape index (κ1) is 21.6. The Labute approximate surface area is 175 Å². The van der Waals surface area contributed by atoms with Gasteiger partial charge in [-0.3, -0.25) is 9.59 Å². The molecule has 0 amide bonds. The van der Waals surface area contributed by atoms with Gasteiger partial charge in [0.1, 0.15) is 0 Å². The molecule has 156 valence electrons. The van der Waals surface area contributed by atoms with Crippen molar-refractivity contribution < 1.29 is 18.0 Å². The number of anilines is 1. The Morgan fingerprint density at radius 3 is 2.76 bits per heavy atom. The number of hydrogen-bond acceptors (Lipinski definition) is 7. The molecule has 1 atom stereocenters. The normalized spacial score (nSPS) is 17.8. The van der Waals surface area contributed by atoms with Gasteiger partial charge in [0.2, 0.25) is 10.0 Å².